The number of ether oxygens (including phenoxy) is 2. The quantitative estimate of drug-likeness (QED) is 0.469. The summed E-state index contributed by atoms with van der Waals surface area (Å²) in [5.41, 5.74) is 3.90. The van der Waals surface area contributed by atoms with Gasteiger partial charge in [-0.2, -0.15) is 5.10 Å². The normalized spacial score (nSPS) is 14.6. The summed E-state index contributed by atoms with van der Waals surface area (Å²) >= 11 is 0. The van der Waals surface area contributed by atoms with E-state index in [1.165, 1.54) is 30.0 Å². The van der Waals surface area contributed by atoms with E-state index in [0.29, 0.717) is 17.6 Å². The number of methoxy groups -OCH3 is 1. The molecule has 2 aromatic heterocycles. The van der Waals surface area contributed by atoms with Crippen LogP contribution in [-0.2, 0) is 15.9 Å². The lowest BCUT2D eigenvalue weighted by atomic mass is 9.98. The lowest BCUT2D eigenvalue weighted by molar-refractivity contribution is 0.0547. The summed E-state index contributed by atoms with van der Waals surface area (Å²) in [7, 11) is 1.25. The highest BCUT2D eigenvalue weighted by Crippen LogP contribution is 2.35. The van der Waals surface area contributed by atoms with Gasteiger partial charge in [0, 0.05) is 12.1 Å². The van der Waals surface area contributed by atoms with Crippen LogP contribution < -0.4 is 5.32 Å². The van der Waals surface area contributed by atoms with Gasteiger partial charge in [0.05, 0.1) is 24.9 Å². The van der Waals surface area contributed by atoms with E-state index in [4.69, 9.17) is 9.47 Å². The molecule has 1 aromatic carbocycles. The summed E-state index contributed by atoms with van der Waals surface area (Å²) in [6.45, 7) is 5.58. The first-order chi connectivity index (χ1) is 15.4. The average molecular weight is 434 g/mol. The van der Waals surface area contributed by atoms with Crippen molar-refractivity contribution in [3.05, 3.63) is 76.8 Å². The summed E-state index contributed by atoms with van der Waals surface area (Å²) in [5, 5.41) is 7.16. The summed E-state index contributed by atoms with van der Waals surface area (Å²) in [6, 6.07) is 6.29. The Bertz CT molecular complexity index is 1250. The largest absolute Gasteiger partial charge is 0.464 e. The Labute approximate surface area is 184 Å². The van der Waals surface area contributed by atoms with Crippen LogP contribution in [0.3, 0.4) is 0 Å². The number of hydrogen-bond acceptors (Lipinski definition) is 7. The minimum Gasteiger partial charge on any atom is -0.464 e. The van der Waals surface area contributed by atoms with Gasteiger partial charge in [0.25, 0.3) is 5.91 Å². The molecule has 32 heavy (non-hydrogen) atoms. The number of nitrogens with one attached hydrogen (secondary N) is 1. The number of fused-ring (bicyclic) bond motifs is 2. The van der Waals surface area contributed by atoms with Gasteiger partial charge in [-0.1, -0.05) is 18.7 Å². The van der Waals surface area contributed by atoms with Gasteiger partial charge in [0.1, 0.15) is 12.3 Å². The predicted molar refractivity (Wildman–Crippen MR) is 115 cm³/mol. The van der Waals surface area contributed by atoms with Crippen molar-refractivity contribution in [3.8, 4) is 0 Å². The number of esters is 2. The highest BCUT2D eigenvalue weighted by atomic mass is 16.5. The molecule has 1 atom stereocenters. The molecule has 3 aromatic rings. The molecular formula is C23H22N4O5. The van der Waals surface area contributed by atoms with Crippen LogP contribution in [0.15, 0.2) is 43.1 Å². The van der Waals surface area contributed by atoms with Gasteiger partial charge in [-0.3, -0.25) is 4.79 Å². The van der Waals surface area contributed by atoms with Crippen molar-refractivity contribution in [1.29, 1.82) is 0 Å². The molecule has 0 bridgehead atoms. The standard InChI is InChI=1S/C23H22N4O5/c1-4-11-32-22(29)15-5-6-16-14(13(15)2)7-8-17(16)26-21(28)19-12-18(23(30)31-3)25-20-9-10-24-27(19)20/h4-6,9-10,12,17H,1,7-8,11H2,2-3H3,(H,26,28)/t17-/m0/s1. The summed E-state index contributed by atoms with van der Waals surface area (Å²) < 4.78 is 11.3. The molecule has 1 amide bonds. The van der Waals surface area contributed by atoms with Crippen molar-refractivity contribution in [2.75, 3.05) is 13.7 Å². The van der Waals surface area contributed by atoms with Crippen molar-refractivity contribution < 1.29 is 23.9 Å². The first-order valence-corrected chi connectivity index (χ1v) is 10.1. The summed E-state index contributed by atoms with van der Waals surface area (Å²) in [6.07, 6.45) is 4.43. The van der Waals surface area contributed by atoms with Gasteiger partial charge in [-0.15, -0.1) is 0 Å². The lowest BCUT2D eigenvalue weighted by Crippen LogP contribution is -2.29. The molecule has 9 heteroatoms. The SMILES string of the molecule is C=CCOC(=O)c1ccc2c(c1C)CC[C@@H]2NC(=O)c1cc(C(=O)OC)nc2ccnn12. The second-order valence-electron chi connectivity index (χ2n) is 7.38. The molecule has 0 spiro atoms. The van der Waals surface area contributed by atoms with Crippen LogP contribution in [0.2, 0.25) is 0 Å². The van der Waals surface area contributed by atoms with Crippen LogP contribution in [-0.4, -0.2) is 46.2 Å². The summed E-state index contributed by atoms with van der Waals surface area (Å²) in [4.78, 5) is 41.5. The molecule has 0 fully saturated rings. The van der Waals surface area contributed by atoms with E-state index >= 15 is 0 Å². The van der Waals surface area contributed by atoms with Crippen LogP contribution in [0.25, 0.3) is 5.65 Å². The number of benzene rings is 1. The van der Waals surface area contributed by atoms with Gasteiger partial charge in [0.15, 0.2) is 11.3 Å². The number of rotatable bonds is 6. The van der Waals surface area contributed by atoms with E-state index in [2.05, 4.69) is 22.0 Å². The first-order valence-electron chi connectivity index (χ1n) is 10.1. The van der Waals surface area contributed by atoms with Gasteiger partial charge < -0.3 is 14.8 Å². The molecule has 0 saturated carbocycles. The van der Waals surface area contributed by atoms with Crippen LogP contribution in [0.1, 0.15) is 60.5 Å². The predicted octanol–water partition coefficient (Wildman–Crippen LogP) is 2.58. The molecule has 4 rings (SSSR count). The van der Waals surface area contributed by atoms with Crippen molar-refractivity contribution in [3.63, 3.8) is 0 Å². The Morgan fingerprint density at radius 2 is 2.09 bits per heavy atom. The molecular weight excluding hydrogens is 412 g/mol. The lowest BCUT2D eigenvalue weighted by Gasteiger charge is -2.16. The van der Waals surface area contributed by atoms with Crippen LogP contribution >= 0.6 is 0 Å². The third-order valence-electron chi connectivity index (χ3n) is 5.54. The fourth-order valence-electron chi connectivity index (χ4n) is 3.98. The molecule has 0 radical (unpaired) electrons. The van der Waals surface area contributed by atoms with Crippen LogP contribution in [0.5, 0.6) is 0 Å². The molecule has 1 N–H and O–H groups in total. The molecule has 9 nitrogen and oxygen atoms in total. The Hall–Kier alpha value is -4.01. The highest BCUT2D eigenvalue weighted by Gasteiger charge is 2.29. The Morgan fingerprint density at radius 3 is 2.84 bits per heavy atom. The fourth-order valence-corrected chi connectivity index (χ4v) is 3.98. The third-order valence-corrected chi connectivity index (χ3v) is 5.54. The molecule has 164 valence electrons. The molecule has 1 aliphatic carbocycles. The maximum Gasteiger partial charge on any atom is 0.356 e. The molecule has 0 aliphatic heterocycles. The van der Waals surface area contributed by atoms with Crippen molar-refractivity contribution in [1.82, 2.24) is 19.9 Å². The second-order valence-corrected chi connectivity index (χ2v) is 7.38. The van der Waals surface area contributed by atoms with Gasteiger partial charge in [0.2, 0.25) is 0 Å². The van der Waals surface area contributed by atoms with Gasteiger partial charge in [-0.25, -0.2) is 19.1 Å². The zero-order chi connectivity index (χ0) is 22.8. The van der Waals surface area contributed by atoms with Crippen molar-refractivity contribution >= 4 is 23.5 Å². The van der Waals surface area contributed by atoms with E-state index in [9.17, 15) is 14.4 Å². The minimum absolute atomic E-state index is 0.0241. The minimum atomic E-state index is -0.638. The second kappa shape index (κ2) is 8.62. The van der Waals surface area contributed by atoms with Crippen LogP contribution in [0, 0.1) is 6.92 Å². The third kappa shape index (κ3) is 3.73. The Balaban J connectivity index is 1.61. The number of carbonyl (C=O) groups excluding carboxylic acids is 3. The summed E-state index contributed by atoms with van der Waals surface area (Å²) in [5.74, 6) is -1.43. The van der Waals surface area contributed by atoms with E-state index in [1.54, 1.807) is 12.1 Å². The fraction of sp³-hybridized carbons (Fsp3) is 0.261. The smallest absolute Gasteiger partial charge is 0.356 e. The zero-order valence-corrected chi connectivity index (χ0v) is 17.8. The van der Waals surface area contributed by atoms with Gasteiger partial charge >= 0.3 is 11.9 Å². The Kier molecular flexibility index (Phi) is 5.72. The maximum absolute atomic E-state index is 13.1. The van der Waals surface area contributed by atoms with E-state index in [0.717, 1.165) is 23.1 Å². The van der Waals surface area contributed by atoms with Crippen LogP contribution in [0.4, 0.5) is 0 Å². The average Bonchev–Trinajstić information content (AvgIpc) is 3.43. The highest BCUT2D eigenvalue weighted by molar-refractivity contribution is 5.97. The first kappa shape index (κ1) is 21.2. The molecule has 0 unspecified atom stereocenters. The number of amides is 1. The molecule has 2 heterocycles. The van der Waals surface area contributed by atoms with Crippen molar-refractivity contribution in [2.24, 2.45) is 0 Å². The number of hydrogen-bond donors (Lipinski definition) is 1. The van der Waals surface area contributed by atoms with E-state index in [-0.39, 0.29) is 24.0 Å². The maximum atomic E-state index is 13.1. The van der Waals surface area contributed by atoms with E-state index < -0.39 is 17.8 Å². The molecule has 0 saturated heterocycles. The topological polar surface area (TPSA) is 112 Å². The zero-order valence-electron chi connectivity index (χ0n) is 17.8. The molecule has 1 aliphatic rings. The number of aromatic nitrogens is 3. The van der Waals surface area contributed by atoms with E-state index in [1.807, 2.05) is 13.0 Å². The van der Waals surface area contributed by atoms with Crippen molar-refractivity contribution in [2.45, 2.75) is 25.8 Å². The Morgan fingerprint density at radius 1 is 1.28 bits per heavy atom. The number of nitrogens with zero attached hydrogens (tertiary/aromatic N) is 3. The van der Waals surface area contributed by atoms with Gasteiger partial charge in [-0.05, 0) is 42.5 Å². The monoisotopic (exact) mass is 434 g/mol. The number of carbonyl (C=O) groups is 3.